The summed E-state index contributed by atoms with van der Waals surface area (Å²) in [7, 11) is 0. The standard InChI is InChI=1S/C12H9NS.CH2O3.Ca/c1-3-7-11-9(5-1)13-10-6-2-4-8-12(10)14-11;2-1(3)4;/h1-8,13H;(H2,2,3,4);/q;;+2/p-2. The summed E-state index contributed by atoms with van der Waals surface area (Å²) in [6.07, 6.45) is -2.33. The first-order valence-corrected chi connectivity index (χ1v) is 5.99. The van der Waals surface area contributed by atoms with Crippen molar-refractivity contribution in [2.75, 3.05) is 5.32 Å². The maximum absolute atomic E-state index is 8.33. The number of benzene rings is 2. The van der Waals surface area contributed by atoms with Gasteiger partial charge in [0.1, 0.15) is 0 Å². The first-order chi connectivity index (χ1) is 8.66. The van der Waals surface area contributed by atoms with Crippen molar-refractivity contribution in [1.82, 2.24) is 0 Å². The van der Waals surface area contributed by atoms with Crippen LogP contribution in [0, 0.1) is 0 Å². The Morgan fingerprint density at radius 3 is 1.68 bits per heavy atom. The molecule has 19 heavy (non-hydrogen) atoms. The van der Waals surface area contributed by atoms with E-state index in [1.807, 2.05) is 11.8 Å². The molecule has 2 aromatic carbocycles. The van der Waals surface area contributed by atoms with Crippen LogP contribution < -0.4 is 15.5 Å². The average molecular weight is 299 g/mol. The first kappa shape index (κ1) is 16.2. The van der Waals surface area contributed by atoms with Crippen molar-refractivity contribution in [2.45, 2.75) is 9.79 Å². The Kier molecular flexibility index (Phi) is 6.51. The van der Waals surface area contributed by atoms with Crippen LogP contribution in [0.3, 0.4) is 0 Å². The molecule has 0 aromatic heterocycles. The van der Waals surface area contributed by atoms with E-state index in [1.165, 1.54) is 21.2 Å². The fraction of sp³-hybridized carbons (Fsp3) is 0. The average Bonchev–Trinajstić information content (AvgIpc) is 2.35. The summed E-state index contributed by atoms with van der Waals surface area (Å²) in [5.74, 6) is 0. The van der Waals surface area contributed by atoms with Gasteiger partial charge in [0, 0.05) is 9.79 Å². The minimum absolute atomic E-state index is 0. The second-order valence-electron chi connectivity index (χ2n) is 3.47. The van der Waals surface area contributed by atoms with Crippen LogP contribution in [0.4, 0.5) is 16.2 Å². The summed E-state index contributed by atoms with van der Waals surface area (Å²) in [5.41, 5.74) is 2.41. The van der Waals surface area contributed by atoms with Crippen molar-refractivity contribution in [1.29, 1.82) is 0 Å². The molecule has 0 saturated carbocycles. The van der Waals surface area contributed by atoms with Gasteiger partial charge in [-0.1, -0.05) is 36.0 Å². The number of hydrogen-bond acceptors (Lipinski definition) is 5. The number of hydrogen-bond donors (Lipinski definition) is 1. The number of carbonyl (C=O) groups excluding carboxylic acids is 1. The monoisotopic (exact) mass is 299 g/mol. The minimum Gasteiger partial charge on any atom is -0.652 e. The van der Waals surface area contributed by atoms with Crippen molar-refractivity contribution in [3.05, 3.63) is 48.5 Å². The molecule has 0 fully saturated rings. The molecule has 0 radical (unpaired) electrons. The molecule has 0 spiro atoms. The van der Waals surface area contributed by atoms with Crippen molar-refractivity contribution in [3.63, 3.8) is 0 Å². The summed E-state index contributed by atoms with van der Waals surface area (Å²) in [6, 6.07) is 16.8. The molecule has 0 unspecified atom stereocenters. The Labute approximate surface area is 144 Å². The van der Waals surface area contributed by atoms with Crippen LogP contribution in [0.5, 0.6) is 0 Å². The van der Waals surface area contributed by atoms with E-state index in [0.717, 1.165) is 0 Å². The summed E-state index contributed by atoms with van der Waals surface area (Å²) in [6.45, 7) is 0. The fourth-order valence-corrected chi connectivity index (χ4v) is 2.57. The maximum Gasteiger partial charge on any atom is 2.00 e. The van der Waals surface area contributed by atoms with Gasteiger partial charge in [-0.15, -0.1) is 0 Å². The van der Waals surface area contributed by atoms with Gasteiger partial charge in [-0.2, -0.15) is 0 Å². The number of para-hydroxylation sites is 2. The van der Waals surface area contributed by atoms with Gasteiger partial charge < -0.3 is 20.3 Å². The van der Waals surface area contributed by atoms with Crippen LogP contribution in [-0.2, 0) is 0 Å². The maximum atomic E-state index is 8.33. The fourth-order valence-electron chi connectivity index (χ4n) is 1.58. The van der Waals surface area contributed by atoms with Gasteiger partial charge in [-0.25, -0.2) is 0 Å². The van der Waals surface area contributed by atoms with Crippen molar-refractivity contribution in [3.8, 4) is 0 Å². The van der Waals surface area contributed by atoms with Gasteiger partial charge in [-0.05, 0) is 30.4 Å². The smallest absolute Gasteiger partial charge is 0.652 e. The Bertz CT molecular complexity index is 486. The zero-order valence-electron chi connectivity index (χ0n) is 9.96. The molecule has 1 N–H and O–H groups in total. The van der Waals surface area contributed by atoms with E-state index < -0.39 is 6.16 Å². The van der Waals surface area contributed by atoms with Crippen LogP contribution in [0.2, 0.25) is 0 Å². The molecule has 3 rings (SSSR count). The molecule has 6 heteroatoms. The second-order valence-corrected chi connectivity index (χ2v) is 4.55. The molecular formula is C13H9CaNO3S. The predicted molar refractivity (Wildman–Crippen MR) is 71.4 cm³/mol. The number of nitrogens with one attached hydrogen (secondary N) is 1. The van der Waals surface area contributed by atoms with Crippen LogP contribution in [0.1, 0.15) is 0 Å². The molecule has 0 atom stereocenters. The normalized spacial score (nSPS) is 10.5. The van der Waals surface area contributed by atoms with Gasteiger partial charge in [-0.3, -0.25) is 0 Å². The first-order valence-electron chi connectivity index (χ1n) is 5.18. The summed E-state index contributed by atoms with van der Waals surface area (Å²) in [4.78, 5) is 10.9. The van der Waals surface area contributed by atoms with E-state index in [0.29, 0.717) is 0 Å². The summed E-state index contributed by atoms with van der Waals surface area (Å²) in [5, 5.41) is 20.1. The SMILES string of the molecule is O=C([O-])[O-].[Ca+2].c1ccc2c(c1)Nc1ccccc1S2. The molecule has 0 aliphatic carbocycles. The Morgan fingerprint density at radius 2 is 1.26 bits per heavy atom. The minimum atomic E-state index is -2.33. The number of carbonyl (C=O) groups is 1. The van der Waals surface area contributed by atoms with E-state index in [-0.39, 0.29) is 37.7 Å². The molecule has 1 aliphatic rings. The van der Waals surface area contributed by atoms with Crippen LogP contribution in [0.15, 0.2) is 58.3 Å². The van der Waals surface area contributed by atoms with E-state index in [1.54, 1.807) is 0 Å². The van der Waals surface area contributed by atoms with Crippen LogP contribution >= 0.6 is 11.8 Å². The molecule has 0 saturated heterocycles. The number of fused-ring (bicyclic) bond motifs is 2. The summed E-state index contributed by atoms with van der Waals surface area (Å²) >= 11 is 1.82. The Balaban J connectivity index is 0.000000323. The molecule has 92 valence electrons. The molecule has 2 aromatic rings. The zero-order valence-corrected chi connectivity index (χ0v) is 13.0. The van der Waals surface area contributed by atoms with E-state index in [9.17, 15) is 0 Å². The van der Waals surface area contributed by atoms with Gasteiger partial charge in [0.15, 0.2) is 0 Å². The van der Waals surface area contributed by atoms with Crippen LogP contribution in [0.25, 0.3) is 0 Å². The number of rotatable bonds is 0. The molecular weight excluding hydrogens is 290 g/mol. The Morgan fingerprint density at radius 1 is 0.895 bits per heavy atom. The van der Waals surface area contributed by atoms with Gasteiger partial charge in [0.2, 0.25) is 0 Å². The van der Waals surface area contributed by atoms with Crippen molar-refractivity contribution < 1.29 is 15.0 Å². The molecule has 0 bridgehead atoms. The van der Waals surface area contributed by atoms with E-state index >= 15 is 0 Å². The zero-order chi connectivity index (χ0) is 13.0. The van der Waals surface area contributed by atoms with Gasteiger partial charge in [0.25, 0.3) is 0 Å². The van der Waals surface area contributed by atoms with Crippen molar-refractivity contribution in [2.24, 2.45) is 0 Å². The molecule has 1 aliphatic heterocycles. The Hall–Kier alpha value is -0.880. The number of carboxylic acid groups (broad SMARTS) is 2. The third kappa shape index (κ3) is 4.62. The van der Waals surface area contributed by atoms with Gasteiger partial charge >= 0.3 is 37.7 Å². The molecule has 4 nitrogen and oxygen atoms in total. The topological polar surface area (TPSA) is 75.2 Å². The van der Waals surface area contributed by atoms with Gasteiger partial charge in [0.05, 0.1) is 11.4 Å². The molecule has 0 amide bonds. The molecule has 1 heterocycles. The van der Waals surface area contributed by atoms with Crippen LogP contribution in [-0.4, -0.2) is 43.9 Å². The van der Waals surface area contributed by atoms with E-state index in [2.05, 4.69) is 53.8 Å². The third-order valence-electron chi connectivity index (χ3n) is 2.26. The summed E-state index contributed by atoms with van der Waals surface area (Å²) < 4.78 is 0. The largest absolute Gasteiger partial charge is 2.00 e. The quantitative estimate of drug-likeness (QED) is 0.628. The third-order valence-corrected chi connectivity index (χ3v) is 3.42. The van der Waals surface area contributed by atoms with Crippen molar-refractivity contribution >= 4 is 67.0 Å². The second kappa shape index (κ2) is 7.65. The predicted octanol–water partition coefficient (Wildman–Crippen LogP) is 1.07. The van der Waals surface area contributed by atoms with E-state index in [4.69, 9.17) is 15.0 Å². The number of anilines is 2.